The fourth-order valence-corrected chi connectivity index (χ4v) is 3.11. The van der Waals surface area contributed by atoms with Crippen molar-refractivity contribution in [3.63, 3.8) is 0 Å². The number of rotatable bonds is 2. The second-order valence-corrected chi connectivity index (χ2v) is 5.89. The van der Waals surface area contributed by atoms with Gasteiger partial charge in [-0.2, -0.15) is 0 Å². The largest absolute Gasteiger partial charge is 0.454 e. The number of fused-ring (bicyclic) bond motifs is 1. The van der Waals surface area contributed by atoms with Crippen LogP contribution in [0.15, 0.2) is 21.6 Å². The third kappa shape index (κ3) is 3.94. The lowest BCUT2D eigenvalue weighted by Crippen LogP contribution is -2.40. The van der Waals surface area contributed by atoms with E-state index in [4.69, 9.17) is 15.2 Å². The first-order valence-corrected chi connectivity index (χ1v) is 7.66. The zero-order valence-corrected chi connectivity index (χ0v) is 15.6. The van der Waals surface area contributed by atoms with Crippen molar-refractivity contribution in [3.05, 3.63) is 22.2 Å². The molecule has 0 bridgehead atoms. The number of halogens is 2. The molecule has 21 heavy (non-hydrogen) atoms. The highest BCUT2D eigenvalue weighted by molar-refractivity contribution is 14.0. The summed E-state index contributed by atoms with van der Waals surface area (Å²) in [7, 11) is 0. The molecule has 2 aliphatic rings. The highest BCUT2D eigenvalue weighted by atomic mass is 127. The number of piperidine rings is 1. The summed E-state index contributed by atoms with van der Waals surface area (Å²) >= 11 is 3.49. The number of likely N-dealkylation sites (tertiary alicyclic amines) is 1. The molecule has 7 heteroatoms. The van der Waals surface area contributed by atoms with E-state index in [0.29, 0.717) is 12.5 Å². The summed E-state index contributed by atoms with van der Waals surface area (Å²) < 4.78 is 11.7. The summed E-state index contributed by atoms with van der Waals surface area (Å²) in [5, 5.41) is 0. The summed E-state index contributed by atoms with van der Waals surface area (Å²) in [6.45, 7) is 2.86. The normalized spacial score (nSPS) is 17.6. The average molecular weight is 468 g/mol. The van der Waals surface area contributed by atoms with Crippen LogP contribution in [0.1, 0.15) is 24.8 Å². The van der Waals surface area contributed by atoms with Gasteiger partial charge in [0.05, 0.1) is 11.0 Å². The quantitative estimate of drug-likeness (QED) is 0.412. The molecule has 0 atom stereocenters. The fourth-order valence-electron chi connectivity index (χ4n) is 2.51. The Morgan fingerprint density at radius 1 is 1.24 bits per heavy atom. The van der Waals surface area contributed by atoms with Crippen LogP contribution in [0.25, 0.3) is 0 Å². The lowest BCUT2D eigenvalue weighted by atomic mass is 10.1. The van der Waals surface area contributed by atoms with E-state index in [1.54, 1.807) is 0 Å². The van der Waals surface area contributed by atoms with Gasteiger partial charge in [0.1, 0.15) is 0 Å². The van der Waals surface area contributed by atoms with Crippen LogP contribution in [0.3, 0.4) is 0 Å². The van der Waals surface area contributed by atoms with Crippen LogP contribution in [0.4, 0.5) is 0 Å². The van der Waals surface area contributed by atoms with Gasteiger partial charge in [0, 0.05) is 13.1 Å². The third-order valence-electron chi connectivity index (χ3n) is 3.59. The van der Waals surface area contributed by atoms with Crippen molar-refractivity contribution in [1.29, 1.82) is 0 Å². The van der Waals surface area contributed by atoms with E-state index in [2.05, 4.69) is 25.8 Å². The lowest BCUT2D eigenvalue weighted by molar-refractivity contribution is 0.173. The van der Waals surface area contributed by atoms with E-state index in [9.17, 15) is 0 Å². The van der Waals surface area contributed by atoms with E-state index >= 15 is 0 Å². The van der Waals surface area contributed by atoms with Crippen molar-refractivity contribution in [2.24, 2.45) is 10.7 Å². The molecule has 0 aliphatic carbocycles. The average Bonchev–Trinajstić information content (AvgIpc) is 2.94. The SMILES string of the molecule is I.NC(=NCc1cc(Br)c2c(c1)OCO2)N1CCCCC1. The number of hydrogen-bond acceptors (Lipinski definition) is 3. The number of nitrogens with two attached hydrogens (primary N) is 1. The van der Waals surface area contributed by atoms with Crippen molar-refractivity contribution >= 4 is 45.9 Å². The van der Waals surface area contributed by atoms with Crippen LogP contribution in [-0.2, 0) is 6.54 Å². The van der Waals surface area contributed by atoms with E-state index in [1.165, 1.54) is 19.3 Å². The molecule has 3 rings (SSSR count). The first kappa shape index (κ1) is 16.7. The van der Waals surface area contributed by atoms with Gasteiger partial charge in [0.2, 0.25) is 6.79 Å². The number of aliphatic imine (C=N–C) groups is 1. The molecule has 0 unspecified atom stereocenters. The molecule has 1 fully saturated rings. The summed E-state index contributed by atoms with van der Waals surface area (Å²) in [5.41, 5.74) is 7.11. The van der Waals surface area contributed by atoms with Gasteiger partial charge in [-0.3, -0.25) is 0 Å². The highest BCUT2D eigenvalue weighted by Gasteiger charge is 2.18. The number of hydrogen-bond donors (Lipinski definition) is 1. The van der Waals surface area contributed by atoms with Crippen LogP contribution in [0, 0.1) is 0 Å². The van der Waals surface area contributed by atoms with E-state index < -0.39 is 0 Å². The molecule has 5 nitrogen and oxygen atoms in total. The Bertz CT molecular complexity index is 533. The van der Waals surface area contributed by atoms with Gasteiger partial charge >= 0.3 is 0 Å². The molecule has 116 valence electrons. The number of benzene rings is 1. The molecule has 0 amide bonds. The first-order chi connectivity index (χ1) is 9.74. The van der Waals surface area contributed by atoms with Gasteiger partial charge in [0.15, 0.2) is 17.5 Å². The number of nitrogens with zero attached hydrogens (tertiary/aromatic N) is 2. The fraction of sp³-hybridized carbons (Fsp3) is 0.500. The maximum Gasteiger partial charge on any atom is 0.231 e. The van der Waals surface area contributed by atoms with Crippen molar-refractivity contribution < 1.29 is 9.47 Å². The van der Waals surface area contributed by atoms with Crippen LogP contribution < -0.4 is 15.2 Å². The molecular formula is C14H19BrIN3O2. The summed E-state index contributed by atoms with van der Waals surface area (Å²) in [6.07, 6.45) is 3.69. The molecule has 1 aromatic carbocycles. The minimum Gasteiger partial charge on any atom is -0.454 e. The maximum atomic E-state index is 6.06. The second kappa shape index (κ2) is 7.53. The van der Waals surface area contributed by atoms with E-state index in [-0.39, 0.29) is 30.8 Å². The highest BCUT2D eigenvalue weighted by Crippen LogP contribution is 2.40. The van der Waals surface area contributed by atoms with Gasteiger partial charge < -0.3 is 20.1 Å². The Balaban J connectivity index is 0.00000161. The molecule has 2 heterocycles. The molecule has 0 aromatic heterocycles. The molecule has 2 N–H and O–H groups in total. The Morgan fingerprint density at radius 2 is 2.00 bits per heavy atom. The first-order valence-electron chi connectivity index (χ1n) is 6.87. The van der Waals surface area contributed by atoms with Crippen LogP contribution in [0.2, 0.25) is 0 Å². The smallest absolute Gasteiger partial charge is 0.231 e. The third-order valence-corrected chi connectivity index (χ3v) is 4.18. The van der Waals surface area contributed by atoms with Crippen LogP contribution >= 0.6 is 39.9 Å². The van der Waals surface area contributed by atoms with Crippen LogP contribution in [-0.4, -0.2) is 30.7 Å². The number of ether oxygens (including phenoxy) is 2. The molecular weight excluding hydrogens is 449 g/mol. The molecule has 1 aromatic rings. The Kier molecular flexibility index (Phi) is 5.98. The minimum atomic E-state index is 0. The zero-order chi connectivity index (χ0) is 13.9. The topological polar surface area (TPSA) is 60.1 Å². The number of guanidine groups is 1. The van der Waals surface area contributed by atoms with E-state index in [0.717, 1.165) is 34.6 Å². The zero-order valence-electron chi connectivity index (χ0n) is 11.7. The monoisotopic (exact) mass is 467 g/mol. The van der Waals surface area contributed by atoms with Gasteiger partial charge in [-0.15, -0.1) is 24.0 Å². The predicted octanol–water partition coefficient (Wildman–Crippen LogP) is 3.10. The maximum absolute atomic E-state index is 6.06. The molecule has 0 radical (unpaired) electrons. The lowest BCUT2D eigenvalue weighted by Gasteiger charge is -2.27. The van der Waals surface area contributed by atoms with Crippen molar-refractivity contribution in [3.8, 4) is 11.5 Å². The van der Waals surface area contributed by atoms with Gasteiger partial charge in [0.25, 0.3) is 0 Å². The van der Waals surface area contributed by atoms with Gasteiger partial charge in [-0.05, 0) is 52.9 Å². The van der Waals surface area contributed by atoms with Crippen molar-refractivity contribution in [2.45, 2.75) is 25.8 Å². The van der Waals surface area contributed by atoms with Gasteiger partial charge in [-0.25, -0.2) is 4.99 Å². The van der Waals surface area contributed by atoms with Crippen molar-refractivity contribution in [1.82, 2.24) is 4.90 Å². The minimum absolute atomic E-state index is 0. The second-order valence-electron chi connectivity index (χ2n) is 5.03. The molecule has 0 spiro atoms. The van der Waals surface area contributed by atoms with Gasteiger partial charge in [-0.1, -0.05) is 0 Å². The van der Waals surface area contributed by atoms with Crippen molar-refractivity contribution in [2.75, 3.05) is 19.9 Å². The summed E-state index contributed by atoms with van der Waals surface area (Å²) in [4.78, 5) is 6.65. The molecule has 0 saturated carbocycles. The van der Waals surface area contributed by atoms with Crippen LogP contribution in [0.5, 0.6) is 11.5 Å². The predicted molar refractivity (Wildman–Crippen MR) is 96.4 cm³/mol. The Hall–Kier alpha value is -0.700. The summed E-state index contributed by atoms with van der Waals surface area (Å²) in [6, 6.07) is 3.96. The van der Waals surface area contributed by atoms with E-state index in [1.807, 2.05) is 12.1 Å². The Labute approximate surface area is 150 Å². The molecule has 1 saturated heterocycles. The Morgan fingerprint density at radius 3 is 2.76 bits per heavy atom. The summed E-state index contributed by atoms with van der Waals surface area (Å²) in [5.74, 6) is 2.17. The molecule has 2 aliphatic heterocycles. The standard InChI is InChI=1S/C14H18BrN3O2.HI/c15-11-6-10(7-12-13(11)20-9-19-12)8-17-14(16)18-4-2-1-3-5-18;/h6-7H,1-5,8-9H2,(H2,16,17);1H.